The van der Waals surface area contributed by atoms with Gasteiger partial charge in [-0.05, 0) is 67.6 Å². The molecule has 0 bridgehead atoms. The van der Waals surface area contributed by atoms with Crippen molar-refractivity contribution in [2.45, 2.75) is 44.0 Å². The van der Waals surface area contributed by atoms with E-state index < -0.39 is 21.8 Å². The zero-order chi connectivity index (χ0) is 22.6. The van der Waals surface area contributed by atoms with Crippen molar-refractivity contribution >= 4 is 15.9 Å². The van der Waals surface area contributed by atoms with Gasteiger partial charge in [0.2, 0.25) is 15.9 Å². The molecule has 1 amide bonds. The molecule has 0 spiro atoms. The highest BCUT2D eigenvalue weighted by molar-refractivity contribution is 7.89. The average molecular weight is 449 g/mol. The first-order valence-corrected chi connectivity index (χ1v) is 11.9. The number of piperidine rings is 1. The van der Waals surface area contributed by atoms with Crippen molar-refractivity contribution in [1.82, 2.24) is 9.62 Å². The smallest absolute Gasteiger partial charge is 0.243 e. The minimum absolute atomic E-state index is 0.0371. The van der Waals surface area contributed by atoms with Crippen molar-refractivity contribution < 1.29 is 22.3 Å². The van der Waals surface area contributed by atoms with Crippen LogP contribution < -0.4 is 10.1 Å². The van der Waals surface area contributed by atoms with Gasteiger partial charge in [-0.2, -0.15) is 4.31 Å². The summed E-state index contributed by atoms with van der Waals surface area (Å²) in [5.41, 5.74) is 1.97. The Labute approximate surface area is 183 Å². The van der Waals surface area contributed by atoms with Crippen molar-refractivity contribution in [3.63, 3.8) is 0 Å². The zero-order valence-electron chi connectivity index (χ0n) is 18.1. The molecular formula is C23H29FN2O4S. The molecule has 1 aliphatic heterocycles. The molecule has 1 heterocycles. The van der Waals surface area contributed by atoms with Gasteiger partial charge in [-0.1, -0.05) is 19.1 Å². The molecule has 3 rings (SSSR count). The lowest BCUT2D eigenvalue weighted by molar-refractivity contribution is -0.126. The van der Waals surface area contributed by atoms with Gasteiger partial charge in [-0.15, -0.1) is 0 Å². The van der Waals surface area contributed by atoms with E-state index in [1.54, 1.807) is 7.11 Å². The number of methoxy groups -OCH3 is 1. The van der Waals surface area contributed by atoms with E-state index in [-0.39, 0.29) is 23.4 Å². The van der Waals surface area contributed by atoms with Crippen LogP contribution in [0.5, 0.6) is 5.75 Å². The number of rotatable bonds is 7. The highest BCUT2D eigenvalue weighted by Gasteiger charge is 2.34. The number of ether oxygens (including phenoxy) is 1. The summed E-state index contributed by atoms with van der Waals surface area (Å²) in [5, 5.41) is 3.09. The van der Waals surface area contributed by atoms with Crippen molar-refractivity contribution in [3.8, 4) is 5.75 Å². The van der Waals surface area contributed by atoms with Gasteiger partial charge < -0.3 is 10.1 Å². The maximum absolute atomic E-state index is 13.2. The van der Waals surface area contributed by atoms with Crippen LogP contribution >= 0.6 is 0 Å². The average Bonchev–Trinajstić information content (AvgIpc) is 2.77. The van der Waals surface area contributed by atoms with E-state index in [1.807, 2.05) is 32.0 Å². The van der Waals surface area contributed by atoms with E-state index in [2.05, 4.69) is 5.32 Å². The Kier molecular flexibility index (Phi) is 7.33. The summed E-state index contributed by atoms with van der Waals surface area (Å²) >= 11 is 0. The number of benzene rings is 2. The predicted octanol–water partition coefficient (Wildman–Crippen LogP) is 3.81. The summed E-state index contributed by atoms with van der Waals surface area (Å²) in [7, 11) is -2.15. The van der Waals surface area contributed by atoms with Crippen LogP contribution in [-0.4, -0.2) is 38.8 Å². The molecule has 0 saturated carbocycles. The molecule has 1 N–H and O–H groups in total. The molecule has 2 aromatic rings. The molecule has 2 atom stereocenters. The SMILES string of the molecule is CCC(NC(=O)C1CCCN(S(=O)(=O)c2ccc(F)cc2)C1)c1ccc(OC)c(C)c1. The Bertz CT molecular complexity index is 1020. The molecule has 0 aliphatic carbocycles. The Hall–Kier alpha value is -2.45. The van der Waals surface area contributed by atoms with Crippen LogP contribution in [0.4, 0.5) is 4.39 Å². The molecule has 31 heavy (non-hydrogen) atoms. The lowest BCUT2D eigenvalue weighted by Crippen LogP contribution is -2.46. The van der Waals surface area contributed by atoms with Crippen LogP contribution in [0.25, 0.3) is 0 Å². The summed E-state index contributed by atoms with van der Waals surface area (Å²) in [4.78, 5) is 13.0. The largest absolute Gasteiger partial charge is 0.496 e. The molecule has 2 unspecified atom stereocenters. The molecule has 0 aromatic heterocycles. The summed E-state index contributed by atoms with van der Waals surface area (Å²) < 4.78 is 45.7. The predicted molar refractivity (Wildman–Crippen MR) is 117 cm³/mol. The molecular weight excluding hydrogens is 419 g/mol. The van der Waals surface area contributed by atoms with Gasteiger partial charge in [0.1, 0.15) is 11.6 Å². The second-order valence-corrected chi connectivity index (χ2v) is 9.79. The lowest BCUT2D eigenvalue weighted by atomic mass is 9.96. The van der Waals surface area contributed by atoms with Gasteiger partial charge in [-0.25, -0.2) is 12.8 Å². The topological polar surface area (TPSA) is 75.7 Å². The quantitative estimate of drug-likeness (QED) is 0.699. The number of carbonyl (C=O) groups excluding carboxylic acids is 1. The maximum Gasteiger partial charge on any atom is 0.243 e. The van der Waals surface area contributed by atoms with Gasteiger partial charge in [0.25, 0.3) is 0 Å². The van der Waals surface area contributed by atoms with Crippen LogP contribution in [-0.2, 0) is 14.8 Å². The van der Waals surface area contributed by atoms with Crippen LogP contribution in [0, 0.1) is 18.7 Å². The first-order valence-electron chi connectivity index (χ1n) is 10.5. The van der Waals surface area contributed by atoms with Crippen molar-refractivity contribution in [3.05, 3.63) is 59.4 Å². The number of aryl methyl sites for hydroxylation is 1. The maximum atomic E-state index is 13.2. The number of carbonyl (C=O) groups is 1. The monoisotopic (exact) mass is 448 g/mol. The fourth-order valence-electron chi connectivity index (χ4n) is 3.96. The normalized spacial score (nSPS) is 18.4. The molecule has 0 radical (unpaired) electrons. The summed E-state index contributed by atoms with van der Waals surface area (Å²) in [6.07, 6.45) is 1.93. The Morgan fingerprint density at radius 2 is 1.97 bits per heavy atom. The van der Waals surface area contributed by atoms with Crippen molar-refractivity contribution in [2.24, 2.45) is 5.92 Å². The molecule has 2 aromatic carbocycles. The first kappa shape index (κ1) is 23.2. The molecule has 168 valence electrons. The Balaban J connectivity index is 1.71. The second-order valence-electron chi connectivity index (χ2n) is 7.85. The minimum atomic E-state index is -3.77. The Morgan fingerprint density at radius 3 is 2.58 bits per heavy atom. The van der Waals surface area contributed by atoms with Gasteiger partial charge in [0, 0.05) is 13.1 Å². The fourth-order valence-corrected chi connectivity index (χ4v) is 5.48. The highest BCUT2D eigenvalue weighted by atomic mass is 32.2. The third-order valence-electron chi connectivity index (χ3n) is 5.75. The van der Waals surface area contributed by atoms with Crippen molar-refractivity contribution in [1.29, 1.82) is 0 Å². The standard InChI is InChI=1S/C23H29FN2O4S/c1-4-21(17-7-12-22(30-3)16(2)14-17)25-23(27)18-6-5-13-26(15-18)31(28,29)20-10-8-19(24)9-11-20/h7-12,14,18,21H,4-6,13,15H2,1-3H3,(H,25,27). The van der Waals surface area contributed by atoms with E-state index >= 15 is 0 Å². The van der Waals surface area contributed by atoms with Gasteiger partial charge in [-0.3, -0.25) is 4.79 Å². The fraction of sp³-hybridized carbons (Fsp3) is 0.435. The van der Waals surface area contributed by atoms with Crippen LogP contribution in [0.1, 0.15) is 43.4 Å². The zero-order valence-corrected chi connectivity index (χ0v) is 18.9. The van der Waals surface area contributed by atoms with Crippen LogP contribution in [0.2, 0.25) is 0 Å². The van der Waals surface area contributed by atoms with Gasteiger partial charge in [0.05, 0.1) is 24.0 Å². The van der Waals surface area contributed by atoms with E-state index in [0.29, 0.717) is 25.8 Å². The van der Waals surface area contributed by atoms with Gasteiger partial charge >= 0.3 is 0 Å². The third-order valence-corrected chi connectivity index (χ3v) is 7.63. The van der Waals surface area contributed by atoms with E-state index in [1.165, 1.54) is 16.4 Å². The Morgan fingerprint density at radius 1 is 1.26 bits per heavy atom. The molecule has 8 heteroatoms. The molecule has 1 fully saturated rings. The van der Waals surface area contributed by atoms with Gasteiger partial charge in [0.15, 0.2) is 0 Å². The third kappa shape index (κ3) is 5.25. The second kappa shape index (κ2) is 9.78. The van der Waals surface area contributed by atoms with Crippen molar-refractivity contribution in [2.75, 3.05) is 20.2 Å². The molecule has 1 saturated heterocycles. The van der Waals surface area contributed by atoms with E-state index in [4.69, 9.17) is 4.74 Å². The van der Waals surface area contributed by atoms with E-state index in [0.717, 1.165) is 29.0 Å². The number of hydrogen-bond donors (Lipinski definition) is 1. The number of nitrogens with zero attached hydrogens (tertiary/aromatic N) is 1. The number of hydrogen-bond acceptors (Lipinski definition) is 4. The summed E-state index contributed by atoms with van der Waals surface area (Å²) in [5.74, 6) is -0.287. The highest BCUT2D eigenvalue weighted by Crippen LogP contribution is 2.27. The number of sulfonamides is 1. The summed E-state index contributed by atoms with van der Waals surface area (Å²) in [6, 6.07) is 10.4. The number of halogens is 1. The minimum Gasteiger partial charge on any atom is -0.496 e. The number of nitrogens with one attached hydrogen (secondary N) is 1. The molecule has 1 aliphatic rings. The van der Waals surface area contributed by atoms with Crippen LogP contribution in [0.3, 0.4) is 0 Å². The van der Waals surface area contributed by atoms with Crippen LogP contribution in [0.15, 0.2) is 47.4 Å². The lowest BCUT2D eigenvalue weighted by Gasteiger charge is -2.32. The van der Waals surface area contributed by atoms with E-state index in [9.17, 15) is 17.6 Å². The number of amides is 1. The molecule has 6 nitrogen and oxygen atoms in total. The first-order chi connectivity index (χ1) is 14.8. The summed E-state index contributed by atoms with van der Waals surface area (Å²) in [6.45, 7) is 4.41.